The van der Waals surface area contributed by atoms with Crippen LogP contribution in [0.4, 0.5) is 0 Å². The number of halogens is 1. The highest BCUT2D eigenvalue weighted by Crippen LogP contribution is 2.26. The van der Waals surface area contributed by atoms with Gasteiger partial charge in [-0.15, -0.1) is 12.4 Å². The van der Waals surface area contributed by atoms with E-state index < -0.39 is 12.0 Å². The minimum atomic E-state index is -0.855. The number of aliphatic carboxylic acids is 1. The molecule has 0 amide bonds. The standard InChI is InChI=1S/C7H13NO2.ClH/c8-6(7(9)10)5-3-1-2-4-5;/h5-6H,1-4,8H2,(H,9,10);1H/t6-;/m0./s1. The number of nitrogens with two attached hydrogens (primary N) is 1. The zero-order chi connectivity index (χ0) is 7.56. The third-order valence-corrected chi connectivity index (χ3v) is 2.19. The van der Waals surface area contributed by atoms with Crippen LogP contribution in [0.25, 0.3) is 0 Å². The highest BCUT2D eigenvalue weighted by Gasteiger charge is 2.26. The quantitative estimate of drug-likeness (QED) is 0.665. The van der Waals surface area contributed by atoms with Gasteiger partial charge in [-0.05, 0) is 18.8 Å². The highest BCUT2D eigenvalue weighted by molar-refractivity contribution is 5.85. The van der Waals surface area contributed by atoms with Crippen molar-refractivity contribution in [2.45, 2.75) is 31.7 Å². The first-order chi connectivity index (χ1) is 4.72. The molecule has 0 aromatic rings. The average Bonchev–Trinajstić information content (AvgIpc) is 2.36. The van der Waals surface area contributed by atoms with E-state index in [1.54, 1.807) is 0 Å². The Labute approximate surface area is 72.4 Å². The second-order valence-electron chi connectivity index (χ2n) is 2.91. The van der Waals surface area contributed by atoms with Crippen LogP contribution in [0.15, 0.2) is 0 Å². The van der Waals surface area contributed by atoms with Gasteiger partial charge in [0.05, 0.1) is 0 Å². The summed E-state index contributed by atoms with van der Waals surface area (Å²) in [5.41, 5.74) is 5.42. The van der Waals surface area contributed by atoms with Crippen LogP contribution in [0.2, 0.25) is 0 Å². The van der Waals surface area contributed by atoms with Crippen LogP contribution in [-0.4, -0.2) is 17.1 Å². The number of hydrogen-bond donors (Lipinski definition) is 2. The first-order valence-corrected chi connectivity index (χ1v) is 3.70. The molecule has 0 saturated heterocycles. The van der Waals surface area contributed by atoms with Crippen LogP contribution in [0.5, 0.6) is 0 Å². The predicted molar refractivity (Wildman–Crippen MR) is 44.8 cm³/mol. The zero-order valence-electron chi connectivity index (χ0n) is 6.32. The summed E-state index contributed by atoms with van der Waals surface area (Å²) in [4.78, 5) is 10.4. The molecule has 1 saturated carbocycles. The van der Waals surface area contributed by atoms with E-state index in [0.717, 1.165) is 25.7 Å². The number of carboxylic acids is 1. The number of rotatable bonds is 2. The van der Waals surface area contributed by atoms with Crippen LogP contribution >= 0.6 is 12.4 Å². The molecule has 1 aliphatic rings. The fourth-order valence-electron chi connectivity index (χ4n) is 1.52. The second-order valence-corrected chi connectivity index (χ2v) is 2.91. The van der Waals surface area contributed by atoms with Gasteiger partial charge in [-0.3, -0.25) is 4.79 Å². The molecule has 0 aliphatic heterocycles. The van der Waals surface area contributed by atoms with Crippen LogP contribution in [0.3, 0.4) is 0 Å². The molecular weight excluding hydrogens is 166 g/mol. The Bertz CT molecular complexity index is 134. The number of carboxylic acid groups (broad SMARTS) is 1. The molecule has 66 valence electrons. The van der Waals surface area contributed by atoms with Gasteiger partial charge in [-0.1, -0.05) is 12.8 Å². The Morgan fingerprint density at radius 3 is 2.27 bits per heavy atom. The maximum absolute atomic E-state index is 10.4. The third kappa shape index (κ3) is 2.67. The molecule has 0 aromatic heterocycles. The maximum atomic E-state index is 10.4. The van der Waals surface area contributed by atoms with Crippen molar-refractivity contribution in [2.24, 2.45) is 11.7 Å². The SMILES string of the molecule is Cl.N[C@H](C(=O)O)C1CCCC1. The number of hydrogen-bond acceptors (Lipinski definition) is 2. The van der Waals surface area contributed by atoms with Gasteiger partial charge >= 0.3 is 5.97 Å². The minimum absolute atomic E-state index is 0. The van der Waals surface area contributed by atoms with Gasteiger partial charge < -0.3 is 10.8 Å². The average molecular weight is 180 g/mol. The topological polar surface area (TPSA) is 63.3 Å². The minimum Gasteiger partial charge on any atom is -0.480 e. The summed E-state index contributed by atoms with van der Waals surface area (Å²) in [6.45, 7) is 0. The molecule has 0 unspecified atom stereocenters. The molecule has 0 heterocycles. The van der Waals surface area contributed by atoms with Crippen molar-refractivity contribution in [3.05, 3.63) is 0 Å². The maximum Gasteiger partial charge on any atom is 0.320 e. The molecular formula is C7H14ClNO2. The largest absolute Gasteiger partial charge is 0.480 e. The van der Waals surface area contributed by atoms with Gasteiger partial charge in [0, 0.05) is 0 Å². The molecule has 1 atom stereocenters. The smallest absolute Gasteiger partial charge is 0.320 e. The lowest BCUT2D eigenvalue weighted by Gasteiger charge is -2.12. The van der Waals surface area contributed by atoms with Gasteiger partial charge in [0.2, 0.25) is 0 Å². The summed E-state index contributed by atoms with van der Waals surface area (Å²) in [5.74, 6) is -0.621. The van der Waals surface area contributed by atoms with Crippen molar-refractivity contribution in [3.63, 3.8) is 0 Å². The zero-order valence-corrected chi connectivity index (χ0v) is 7.14. The van der Waals surface area contributed by atoms with E-state index in [-0.39, 0.29) is 18.3 Å². The lowest BCUT2D eigenvalue weighted by molar-refractivity contribution is -0.139. The molecule has 0 spiro atoms. The fraction of sp³-hybridized carbons (Fsp3) is 0.857. The van der Waals surface area contributed by atoms with Crippen molar-refractivity contribution in [3.8, 4) is 0 Å². The Hall–Kier alpha value is -0.280. The van der Waals surface area contributed by atoms with E-state index in [9.17, 15) is 4.79 Å². The molecule has 11 heavy (non-hydrogen) atoms. The van der Waals surface area contributed by atoms with Gasteiger partial charge in [-0.25, -0.2) is 0 Å². The van der Waals surface area contributed by atoms with E-state index >= 15 is 0 Å². The van der Waals surface area contributed by atoms with E-state index in [2.05, 4.69) is 0 Å². The summed E-state index contributed by atoms with van der Waals surface area (Å²) in [7, 11) is 0. The van der Waals surface area contributed by atoms with Gasteiger partial charge in [0.15, 0.2) is 0 Å². The first kappa shape index (κ1) is 10.7. The summed E-state index contributed by atoms with van der Waals surface area (Å²) >= 11 is 0. The van der Waals surface area contributed by atoms with Crippen LogP contribution in [0.1, 0.15) is 25.7 Å². The summed E-state index contributed by atoms with van der Waals surface area (Å²) < 4.78 is 0. The Kier molecular flexibility index (Phi) is 4.45. The summed E-state index contributed by atoms with van der Waals surface area (Å²) in [6.07, 6.45) is 4.28. The van der Waals surface area contributed by atoms with Gasteiger partial charge in [0.25, 0.3) is 0 Å². The highest BCUT2D eigenvalue weighted by atomic mass is 35.5. The van der Waals surface area contributed by atoms with Crippen molar-refractivity contribution >= 4 is 18.4 Å². The molecule has 1 rings (SSSR count). The third-order valence-electron chi connectivity index (χ3n) is 2.19. The lowest BCUT2D eigenvalue weighted by atomic mass is 9.99. The number of carbonyl (C=O) groups is 1. The fourth-order valence-corrected chi connectivity index (χ4v) is 1.52. The van der Waals surface area contributed by atoms with E-state index in [0.29, 0.717) is 0 Å². The van der Waals surface area contributed by atoms with Crippen LogP contribution in [0, 0.1) is 5.92 Å². The molecule has 1 fully saturated rings. The molecule has 0 bridgehead atoms. The lowest BCUT2D eigenvalue weighted by Crippen LogP contribution is -2.36. The molecule has 3 nitrogen and oxygen atoms in total. The van der Waals surface area contributed by atoms with Crippen LogP contribution in [-0.2, 0) is 4.79 Å². The van der Waals surface area contributed by atoms with Crippen molar-refractivity contribution in [1.29, 1.82) is 0 Å². The Morgan fingerprint density at radius 2 is 1.91 bits per heavy atom. The normalized spacial score (nSPS) is 20.8. The van der Waals surface area contributed by atoms with E-state index in [4.69, 9.17) is 10.8 Å². The monoisotopic (exact) mass is 179 g/mol. The van der Waals surface area contributed by atoms with Crippen molar-refractivity contribution in [1.82, 2.24) is 0 Å². The Morgan fingerprint density at radius 1 is 1.45 bits per heavy atom. The van der Waals surface area contributed by atoms with Gasteiger partial charge in [0.1, 0.15) is 6.04 Å². The van der Waals surface area contributed by atoms with Crippen LogP contribution < -0.4 is 5.73 Å². The predicted octanol–water partition coefficient (Wildman–Crippen LogP) is 1.01. The molecule has 1 aliphatic carbocycles. The molecule has 0 radical (unpaired) electrons. The van der Waals surface area contributed by atoms with E-state index in [1.165, 1.54) is 0 Å². The summed E-state index contributed by atoms with van der Waals surface area (Å²) in [5, 5.41) is 8.52. The van der Waals surface area contributed by atoms with Crippen molar-refractivity contribution in [2.75, 3.05) is 0 Å². The molecule has 0 aromatic carbocycles. The van der Waals surface area contributed by atoms with Crippen molar-refractivity contribution < 1.29 is 9.90 Å². The summed E-state index contributed by atoms with van der Waals surface area (Å²) in [6, 6.07) is -0.623. The van der Waals surface area contributed by atoms with E-state index in [1.807, 2.05) is 0 Å². The Balaban J connectivity index is 0.000001000. The second kappa shape index (κ2) is 4.57. The first-order valence-electron chi connectivity index (χ1n) is 3.70. The van der Waals surface area contributed by atoms with Gasteiger partial charge in [-0.2, -0.15) is 0 Å². The molecule has 4 heteroatoms. The molecule has 3 N–H and O–H groups in total.